The summed E-state index contributed by atoms with van der Waals surface area (Å²) in [7, 11) is 1.84. The molecule has 1 saturated heterocycles. The number of nitrogens with one attached hydrogen (secondary N) is 1. The summed E-state index contributed by atoms with van der Waals surface area (Å²) in [6.07, 6.45) is -3.05. The van der Waals surface area contributed by atoms with Crippen molar-refractivity contribution < 1.29 is 27.9 Å². The average Bonchev–Trinajstić information content (AvgIpc) is 3.45. The molecule has 0 aliphatic carbocycles. The summed E-state index contributed by atoms with van der Waals surface area (Å²) in [5.41, 5.74) is -0.939. The van der Waals surface area contributed by atoms with E-state index in [0.717, 1.165) is 17.5 Å². The lowest BCUT2D eigenvalue weighted by atomic mass is 9.97. The Hall–Kier alpha value is -3.80. The number of benzene rings is 1. The number of halogens is 3. The fourth-order valence-electron chi connectivity index (χ4n) is 4.03. The first-order valence-corrected chi connectivity index (χ1v) is 11.3. The van der Waals surface area contributed by atoms with Crippen LogP contribution in [-0.4, -0.2) is 60.8 Å². The number of hydrogen-bond donors (Lipinski definition) is 2. The molecule has 3 aromatic rings. The zero-order valence-corrected chi connectivity index (χ0v) is 19.7. The first kappa shape index (κ1) is 25.3. The highest BCUT2D eigenvalue weighted by Crippen LogP contribution is 2.30. The summed E-state index contributed by atoms with van der Waals surface area (Å²) < 4.78 is 42.3. The van der Waals surface area contributed by atoms with Gasteiger partial charge in [-0.3, -0.25) is 9.59 Å². The third-order valence-electron chi connectivity index (χ3n) is 6.05. The van der Waals surface area contributed by atoms with E-state index in [1.165, 1.54) is 4.90 Å². The molecule has 0 saturated carbocycles. The number of anilines is 1. The van der Waals surface area contributed by atoms with Gasteiger partial charge in [-0.15, -0.1) is 10.2 Å². The average molecular weight is 502 g/mol. The summed E-state index contributed by atoms with van der Waals surface area (Å²) >= 11 is 0. The SMILES string of the molecule is C[C@H](Cc1nncn1C)c1cccc(NC(=O)c2cc(C(=O)N3CC[C@H](O)C3)cc(C(F)(F)F)n2)c1. The van der Waals surface area contributed by atoms with Crippen molar-refractivity contribution >= 4 is 17.5 Å². The maximum atomic E-state index is 13.5. The van der Waals surface area contributed by atoms with Crippen LogP contribution in [0.1, 0.15) is 57.2 Å². The van der Waals surface area contributed by atoms with Gasteiger partial charge in [0, 0.05) is 37.8 Å². The van der Waals surface area contributed by atoms with Gasteiger partial charge in [0.2, 0.25) is 0 Å². The molecule has 2 aromatic heterocycles. The molecular weight excluding hydrogens is 477 g/mol. The number of hydrogen-bond acceptors (Lipinski definition) is 6. The summed E-state index contributed by atoms with van der Waals surface area (Å²) in [4.78, 5) is 30.4. The molecule has 0 radical (unpaired) electrons. The van der Waals surface area contributed by atoms with E-state index in [-0.39, 0.29) is 24.6 Å². The Labute approximate surface area is 205 Å². The highest BCUT2D eigenvalue weighted by molar-refractivity contribution is 6.05. The number of alkyl halides is 3. The monoisotopic (exact) mass is 502 g/mol. The van der Waals surface area contributed by atoms with Crippen LogP contribution in [-0.2, 0) is 19.6 Å². The lowest BCUT2D eigenvalue weighted by Crippen LogP contribution is -2.30. The van der Waals surface area contributed by atoms with Crippen LogP contribution in [0.2, 0.25) is 0 Å². The number of aliphatic hydroxyl groups excluding tert-OH is 1. The predicted molar refractivity (Wildman–Crippen MR) is 123 cm³/mol. The Morgan fingerprint density at radius 1 is 1.25 bits per heavy atom. The van der Waals surface area contributed by atoms with Crippen LogP contribution in [0.25, 0.3) is 0 Å². The number of carbonyl (C=O) groups excluding carboxylic acids is 2. The van der Waals surface area contributed by atoms with Gasteiger partial charge in [0.05, 0.1) is 6.10 Å². The van der Waals surface area contributed by atoms with E-state index in [1.54, 1.807) is 24.5 Å². The second kappa shape index (κ2) is 10.1. The van der Waals surface area contributed by atoms with E-state index in [2.05, 4.69) is 20.5 Å². The van der Waals surface area contributed by atoms with Gasteiger partial charge in [-0.05, 0) is 42.2 Å². The standard InChI is InChI=1S/C24H25F3N6O3/c1-14(8-21-31-28-13-32(21)2)15-4-3-5-17(9-15)29-22(35)19-10-16(11-20(30-19)24(25,26)27)23(36)33-7-6-18(34)12-33/h3-5,9-11,13-14,18,34H,6-8,12H2,1-2H3,(H,29,35)/t14-,18+/m1/s1. The number of aryl methyl sites for hydroxylation is 1. The van der Waals surface area contributed by atoms with Gasteiger partial charge in [-0.25, -0.2) is 4.98 Å². The fourth-order valence-corrected chi connectivity index (χ4v) is 4.03. The largest absolute Gasteiger partial charge is 0.433 e. The molecule has 0 spiro atoms. The van der Waals surface area contributed by atoms with Crippen molar-refractivity contribution in [1.82, 2.24) is 24.6 Å². The lowest BCUT2D eigenvalue weighted by Gasteiger charge is -2.17. The smallest absolute Gasteiger partial charge is 0.391 e. The van der Waals surface area contributed by atoms with Crippen LogP contribution in [0.4, 0.5) is 18.9 Å². The number of aliphatic hydroxyl groups is 1. The summed E-state index contributed by atoms with van der Waals surface area (Å²) in [5, 5.41) is 20.2. The van der Waals surface area contributed by atoms with Crippen molar-refractivity contribution in [2.75, 3.05) is 18.4 Å². The minimum atomic E-state index is -4.86. The van der Waals surface area contributed by atoms with E-state index >= 15 is 0 Å². The van der Waals surface area contributed by atoms with E-state index < -0.39 is 35.5 Å². The minimum Gasteiger partial charge on any atom is -0.391 e. The quantitative estimate of drug-likeness (QED) is 0.536. The van der Waals surface area contributed by atoms with Crippen molar-refractivity contribution in [2.45, 2.75) is 38.0 Å². The molecule has 36 heavy (non-hydrogen) atoms. The Kier molecular flexibility index (Phi) is 7.07. The topological polar surface area (TPSA) is 113 Å². The second-order valence-electron chi connectivity index (χ2n) is 8.86. The van der Waals surface area contributed by atoms with Crippen molar-refractivity contribution in [1.29, 1.82) is 0 Å². The summed E-state index contributed by atoms with van der Waals surface area (Å²) in [6, 6.07) is 8.61. The molecule has 9 nitrogen and oxygen atoms in total. The number of pyridine rings is 1. The van der Waals surface area contributed by atoms with Gasteiger partial charge < -0.3 is 19.9 Å². The summed E-state index contributed by atoms with van der Waals surface area (Å²) in [6.45, 7) is 2.21. The first-order valence-electron chi connectivity index (χ1n) is 11.3. The second-order valence-corrected chi connectivity index (χ2v) is 8.86. The number of rotatable bonds is 6. The van der Waals surface area contributed by atoms with Crippen LogP contribution in [0.15, 0.2) is 42.7 Å². The van der Waals surface area contributed by atoms with Gasteiger partial charge in [-0.2, -0.15) is 13.2 Å². The van der Waals surface area contributed by atoms with Crippen LogP contribution < -0.4 is 5.32 Å². The molecule has 2 N–H and O–H groups in total. The molecule has 1 aliphatic heterocycles. The maximum absolute atomic E-state index is 13.5. The van der Waals surface area contributed by atoms with Crippen LogP contribution in [0, 0.1) is 0 Å². The molecule has 1 aliphatic rings. The molecule has 1 fully saturated rings. The Balaban J connectivity index is 1.56. The van der Waals surface area contributed by atoms with E-state index in [1.807, 2.05) is 24.6 Å². The molecule has 190 valence electrons. The Morgan fingerprint density at radius 2 is 2.03 bits per heavy atom. The van der Waals surface area contributed by atoms with Crippen LogP contribution in [0.5, 0.6) is 0 Å². The van der Waals surface area contributed by atoms with E-state index in [9.17, 15) is 27.9 Å². The van der Waals surface area contributed by atoms with Crippen molar-refractivity contribution in [3.8, 4) is 0 Å². The third kappa shape index (κ3) is 5.70. The highest BCUT2D eigenvalue weighted by atomic mass is 19.4. The van der Waals surface area contributed by atoms with Crippen LogP contribution >= 0.6 is 0 Å². The molecular formula is C24H25F3N6O3. The van der Waals surface area contributed by atoms with Gasteiger partial charge >= 0.3 is 6.18 Å². The van der Waals surface area contributed by atoms with Gasteiger partial charge in [-0.1, -0.05) is 19.1 Å². The Bertz CT molecular complexity index is 1280. The molecule has 0 bridgehead atoms. The summed E-state index contributed by atoms with van der Waals surface area (Å²) in [5.74, 6) is -0.771. The molecule has 12 heteroatoms. The van der Waals surface area contributed by atoms with Crippen molar-refractivity contribution in [3.63, 3.8) is 0 Å². The molecule has 2 atom stereocenters. The number of amides is 2. The highest BCUT2D eigenvalue weighted by Gasteiger charge is 2.35. The molecule has 4 rings (SSSR count). The number of aromatic nitrogens is 4. The number of nitrogens with zero attached hydrogens (tertiary/aromatic N) is 5. The normalized spacial score (nSPS) is 16.7. The molecule has 0 unspecified atom stereocenters. The third-order valence-corrected chi connectivity index (χ3v) is 6.05. The maximum Gasteiger partial charge on any atom is 0.433 e. The molecule has 1 aromatic carbocycles. The van der Waals surface area contributed by atoms with Crippen molar-refractivity contribution in [2.24, 2.45) is 7.05 Å². The molecule has 3 heterocycles. The van der Waals surface area contributed by atoms with E-state index in [0.29, 0.717) is 24.6 Å². The first-order chi connectivity index (χ1) is 17.0. The number of likely N-dealkylation sites (tertiary alicyclic amines) is 1. The van der Waals surface area contributed by atoms with Gasteiger partial charge in [0.15, 0.2) is 0 Å². The van der Waals surface area contributed by atoms with Crippen LogP contribution in [0.3, 0.4) is 0 Å². The zero-order valence-electron chi connectivity index (χ0n) is 19.7. The van der Waals surface area contributed by atoms with Gasteiger partial charge in [0.25, 0.3) is 11.8 Å². The minimum absolute atomic E-state index is 0.0172. The fraction of sp³-hybridized carbons (Fsp3) is 0.375. The van der Waals surface area contributed by atoms with E-state index in [4.69, 9.17) is 0 Å². The predicted octanol–water partition coefficient (Wildman–Crippen LogP) is 3.03. The van der Waals surface area contributed by atoms with Crippen molar-refractivity contribution in [3.05, 3.63) is 71.1 Å². The van der Waals surface area contributed by atoms with Gasteiger partial charge in [0.1, 0.15) is 23.5 Å². The number of carbonyl (C=O) groups is 2. The molecule has 2 amide bonds. The lowest BCUT2D eigenvalue weighted by molar-refractivity contribution is -0.141. The zero-order chi connectivity index (χ0) is 26.0. The Morgan fingerprint density at radius 3 is 2.67 bits per heavy atom. The number of β-amino-alcohol motifs (C(OH)–C–C–N with tert-alkyl or cyclic N) is 1.